The Morgan fingerprint density at radius 1 is 0.667 bits per heavy atom. The van der Waals surface area contributed by atoms with E-state index in [1.165, 1.54) is 51.8 Å². The fraction of sp³-hybridized carbons (Fsp3) is 0.143. The van der Waals surface area contributed by atoms with Crippen molar-refractivity contribution in [3.8, 4) is 39.8 Å². The number of esters is 2. The van der Waals surface area contributed by atoms with Crippen molar-refractivity contribution in [2.45, 2.75) is 5.51 Å². The predicted molar refractivity (Wildman–Crippen MR) is 189 cm³/mol. The largest absolute Gasteiger partial charge is 0.534 e. The summed E-state index contributed by atoms with van der Waals surface area (Å²) in [5.41, 5.74) is -4.85. The average Bonchev–Trinajstić information content (AvgIpc) is 3.17. The van der Waals surface area contributed by atoms with Crippen LogP contribution in [0, 0.1) is 23.3 Å². The molecular formula is C35H22BrF7N4O9S. The van der Waals surface area contributed by atoms with Gasteiger partial charge in [0.25, 0.3) is 5.88 Å². The zero-order valence-electron chi connectivity index (χ0n) is 29.2. The number of carbonyl (C=O) groups excluding carboxylic acids is 2. The van der Waals surface area contributed by atoms with Crippen LogP contribution < -0.4 is 13.7 Å². The number of halogens is 8. The molecule has 6 rings (SSSR count). The standard InChI is InChI=1S/C23H14F4N2O3.C12H8BrF3N2O6S/c1-31-22-13(11-3-5-14(24)16(26)7-11)9-18-21(20(22)23(30)32-2)28-10-19(29-18)12-4-6-15(25)17(27)8-12;1-22-10-5(13)3-6-9(8(10)11(19)23-2)17-4-7(18-6)24-25(20,21)12(14,15)16/h3-10H,1-2H3;3-4H,1-2H3. The topological polar surface area (TPSA) is 166 Å². The molecule has 2 heterocycles. The third kappa shape index (κ3) is 8.50. The van der Waals surface area contributed by atoms with Crippen LogP contribution in [-0.2, 0) is 19.6 Å². The smallest absolute Gasteiger partial charge is 0.495 e. The van der Waals surface area contributed by atoms with Crippen LogP contribution in [0.25, 0.3) is 44.5 Å². The van der Waals surface area contributed by atoms with Gasteiger partial charge in [-0.1, -0.05) is 6.07 Å². The minimum atomic E-state index is -5.90. The molecule has 0 radical (unpaired) electrons. The lowest BCUT2D eigenvalue weighted by molar-refractivity contribution is -0.0501. The second-order valence-electron chi connectivity index (χ2n) is 11.0. The maximum atomic E-state index is 13.9. The number of aromatic nitrogens is 4. The molecule has 0 aliphatic carbocycles. The van der Waals surface area contributed by atoms with Crippen LogP contribution in [0.5, 0.6) is 17.4 Å². The molecule has 6 aromatic rings. The van der Waals surface area contributed by atoms with Crippen molar-refractivity contribution in [1.29, 1.82) is 0 Å². The summed E-state index contributed by atoms with van der Waals surface area (Å²) in [7, 11) is -1.05. The lowest BCUT2D eigenvalue weighted by atomic mass is 9.99. The van der Waals surface area contributed by atoms with Gasteiger partial charge in [0.2, 0.25) is 0 Å². The van der Waals surface area contributed by atoms with Gasteiger partial charge < -0.3 is 23.1 Å². The normalized spacial score (nSPS) is 11.4. The van der Waals surface area contributed by atoms with Crippen LogP contribution in [0.15, 0.2) is 65.4 Å². The summed E-state index contributed by atoms with van der Waals surface area (Å²) in [6.45, 7) is 0. The summed E-state index contributed by atoms with van der Waals surface area (Å²) in [5, 5.41) is 0. The van der Waals surface area contributed by atoms with Gasteiger partial charge in [-0.15, -0.1) is 0 Å². The second kappa shape index (κ2) is 16.5. The van der Waals surface area contributed by atoms with Gasteiger partial charge in [0.15, 0.2) is 23.3 Å². The molecule has 0 N–H and O–H groups in total. The van der Waals surface area contributed by atoms with Crippen LogP contribution in [-0.4, -0.2) is 74.2 Å². The highest BCUT2D eigenvalue weighted by Gasteiger charge is 2.49. The third-order valence-electron chi connectivity index (χ3n) is 7.62. The Morgan fingerprint density at radius 3 is 1.70 bits per heavy atom. The Kier molecular flexibility index (Phi) is 12.2. The van der Waals surface area contributed by atoms with E-state index in [9.17, 15) is 48.7 Å². The number of rotatable bonds is 8. The van der Waals surface area contributed by atoms with E-state index in [2.05, 4.69) is 44.8 Å². The van der Waals surface area contributed by atoms with E-state index >= 15 is 0 Å². The molecule has 0 atom stereocenters. The lowest BCUT2D eigenvalue weighted by Gasteiger charge is -2.15. The molecule has 298 valence electrons. The quantitative estimate of drug-likeness (QED) is 0.0632. The molecule has 13 nitrogen and oxygen atoms in total. The van der Waals surface area contributed by atoms with Gasteiger partial charge in [0, 0.05) is 11.1 Å². The van der Waals surface area contributed by atoms with Crippen molar-refractivity contribution in [2.24, 2.45) is 0 Å². The first kappa shape index (κ1) is 42.0. The Bertz CT molecular complexity index is 2690. The van der Waals surface area contributed by atoms with Crippen molar-refractivity contribution in [1.82, 2.24) is 19.9 Å². The molecule has 0 aliphatic heterocycles. The summed E-state index contributed by atoms with van der Waals surface area (Å²) in [6, 6.07) is 9.20. The highest BCUT2D eigenvalue weighted by molar-refractivity contribution is 9.10. The first-order valence-electron chi connectivity index (χ1n) is 15.3. The predicted octanol–water partition coefficient (Wildman–Crippen LogP) is 7.73. The van der Waals surface area contributed by atoms with E-state index < -0.39 is 56.7 Å². The summed E-state index contributed by atoms with van der Waals surface area (Å²) in [4.78, 5) is 40.5. The fourth-order valence-corrected chi connectivity index (χ4v) is 6.08. The van der Waals surface area contributed by atoms with Crippen LogP contribution >= 0.6 is 15.9 Å². The van der Waals surface area contributed by atoms with E-state index in [1.807, 2.05) is 0 Å². The second-order valence-corrected chi connectivity index (χ2v) is 13.4. The van der Waals surface area contributed by atoms with Crippen molar-refractivity contribution in [3.05, 3.63) is 99.8 Å². The molecule has 0 saturated carbocycles. The van der Waals surface area contributed by atoms with Crippen molar-refractivity contribution < 1.29 is 71.9 Å². The minimum Gasteiger partial charge on any atom is -0.495 e. The SMILES string of the molecule is COC(=O)c1c(OC)c(-c2ccc(F)c(F)c2)cc2nc(-c3ccc(F)c(F)c3)cnc12.COC(=O)c1c(OC)c(Br)cc2nc(OS(=O)(=O)C(F)(F)F)cnc12. The van der Waals surface area contributed by atoms with Gasteiger partial charge in [-0.05, 0) is 64.0 Å². The zero-order chi connectivity index (χ0) is 42.0. The number of methoxy groups -OCH3 is 4. The Hall–Kier alpha value is -6.16. The van der Waals surface area contributed by atoms with E-state index in [4.69, 9.17) is 14.2 Å². The van der Waals surface area contributed by atoms with Crippen molar-refractivity contribution >= 4 is 60.1 Å². The molecular weight excluding hydrogens is 865 g/mol. The zero-order valence-corrected chi connectivity index (χ0v) is 31.6. The number of nitrogens with zero attached hydrogens (tertiary/aromatic N) is 4. The van der Waals surface area contributed by atoms with E-state index in [-0.39, 0.29) is 71.5 Å². The number of alkyl halides is 3. The van der Waals surface area contributed by atoms with Gasteiger partial charge in [0.05, 0.1) is 62.0 Å². The molecule has 0 fully saturated rings. The van der Waals surface area contributed by atoms with Gasteiger partial charge in [-0.3, -0.25) is 4.98 Å². The molecule has 0 amide bonds. The Morgan fingerprint density at radius 2 is 1.18 bits per heavy atom. The van der Waals surface area contributed by atoms with Crippen molar-refractivity contribution in [3.63, 3.8) is 0 Å². The third-order valence-corrected chi connectivity index (χ3v) is 9.17. The molecule has 0 saturated heterocycles. The van der Waals surface area contributed by atoms with E-state index in [0.717, 1.165) is 31.4 Å². The van der Waals surface area contributed by atoms with Gasteiger partial charge in [-0.2, -0.15) is 21.6 Å². The molecule has 0 aliphatic rings. The monoisotopic (exact) mass is 886 g/mol. The molecule has 0 unspecified atom stereocenters. The molecule has 0 bridgehead atoms. The number of carbonyl (C=O) groups is 2. The van der Waals surface area contributed by atoms with Gasteiger partial charge in [0.1, 0.15) is 33.7 Å². The molecule has 2 aromatic heterocycles. The first-order chi connectivity index (χ1) is 26.8. The van der Waals surface area contributed by atoms with Gasteiger partial charge >= 0.3 is 27.6 Å². The van der Waals surface area contributed by atoms with Crippen LogP contribution in [0.1, 0.15) is 20.7 Å². The highest BCUT2D eigenvalue weighted by atomic mass is 79.9. The summed E-state index contributed by atoms with van der Waals surface area (Å²) >= 11 is 3.10. The van der Waals surface area contributed by atoms with Crippen LogP contribution in [0.3, 0.4) is 0 Å². The number of benzene rings is 4. The molecule has 22 heteroatoms. The summed E-state index contributed by atoms with van der Waals surface area (Å²) in [6.07, 6.45) is 1.92. The molecule has 4 aromatic carbocycles. The maximum absolute atomic E-state index is 13.9. The number of hydrogen-bond donors (Lipinski definition) is 0. The van der Waals surface area contributed by atoms with E-state index in [1.54, 1.807) is 0 Å². The van der Waals surface area contributed by atoms with Gasteiger partial charge in [-0.25, -0.2) is 42.1 Å². The lowest BCUT2D eigenvalue weighted by Crippen LogP contribution is -2.28. The summed E-state index contributed by atoms with van der Waals surface area (Å²) in [5.74, 6) is -6.65. The van der Waals surface area contributed by atoms with Crippen molar-refractivity contribution in [2.75, 3.05) is 28.4 Å². The number of hydrogen-bond acceptors (Lipinski definition) is 13. The minimum absolute atomic E-state index is 0.0326. The Labute approximate surface area is 324 Å². The van der Waals surface area contributed by atoms with Crippen LogP contribution in [0.2, 0.25) is 0 Å². The summed E-state index contributed by atoms with van der Waals surface area (Å²) < 4.78 is 138. The average molecular weight is 888 g/mol. The Balaban J connectivity index is 0.000000225. The number of fused-ring (bicyclic) bond motifs is 2. The highest BCUT2D eigenvalue weighted by Crippen LogP contribution is 2.39. The van der Waals surface area contributed by atoms with Crippen LogP contribution in [0.4, 0.5) is 30.7 Å². The molecule has 0 spiro atoms. The molecule has 57 heavy (non-hydrogen) atoms. The fourth-order valence-electron chi connectivity index (χ4n) is 5.10. The van der Waals surface area contributed by atoms with E-state index in [0.29, 0.717) is 6.20 Å². The first-order valence-corrected chi connectivity index (χ1v) is 17.5. The number of ether oxygens (including phenoxy) is 4. The maximum Gasteiger partial charge on any atom is 0.534 e.